The Bertz CT molecular complexity index is 2510. The zero-order valence-electron chi connectivity index (χ0n) is 39.8. The fourth-order valence-electron chi connectivity index (χ4n) is 8.63. The second kappa shape index (κ2) is 27.3. The van der Waals surface area contributed by atoms with Crippen molar-refractivity contribution in [3.05, 3.63) is 36.0 Å². The molecule has 29 heteroatoms. The highest BCUT2D eigenvalue weighted by Gasteiger charge is 2.41. The minimum absolute atomic E-state index is 0.0536. The van der Waals surface area contributed by atoms with Gasteiger partial charge in [-0.1, -0.05) is 18.2 Å². The number of carbonyl (C=O) groups is 13. The number of H-pyrrole nitrogens is 1. The molecule has 0 unspecified atom stereocenters. The van der Waals surface area contributed by atoms with Crippen LogP contribution < -0.4 is 42.6 Å². The third-order valence-corrected chi connectivity index (χ3v) is 13.2. The number of carbonyl (C=O) groups excluding carboxylic acids is 10. The second-order valence-corrected chi connectivity index (χ2v) is 18.4. The largest absolute Gasteiger partial charge is 0.481 e. The number of para-hydroxylation sites is 1. The summed E-state index contributed by atoms with van der Waals surface area (Å²) in [4.78, 5) is 176. The summed E-state index contributed by atoms with van der Waals surface area (Å²) in [6, 6.07) is -5.00. The van der Waals surface area contributed by atoms with Gasteiger partial charge in [0.05, 0.1) is 25.6 Å². The van der Waals surface area contributed by atoms with Crippen LogP contribution >= 0.6 is 25.3 Å². The van der Waals surface area contributed by atoms with Crippen LogP contribution in [0.4, 0.5) is 0 Å². The molecule has 8 atom stereocenters. The number of nitrogens with zero attached hydrogens (tertiary/aromatic N) is 2. The number of hydrogen-bond acceptors (Lipinski definition) is 17. The summed E-state index contributed by atoms with van der Waals surface area (Å²) in [6.07, 6.45) is -1.17. The van der Waals surface area contributed by atoms with E-state index in [1.807, 2.05) is 0 Å². The number of thiol groups is 2. The Labute approximate surface area is 432 Å². The number of amides is 8. The van der Waals surface area contributed by atoms with Crippen LogP contribution in [0.2, 0.25) is 0 Å². The minimum atomic E-state index is -1.79. The van der Waals surface area contributed by atoms with Crippen molar-refractivity contribution in [3.63, 3.8) is 0 Å². The lowest BCUT2D eigenvalue weighted by Gasteiger charge is -2.29. The average Bonchev–Trinajstić information content (AvgIpc) is 4.15. The number of hydrazine groups is 1. The summed E-state index contributed by atoms with van der Waals surface area (Å²) in [5.74, 6) is -15.3. The van der Waals surface area contributed by atoms with Crippen LogP contribution in [0.25, 0.3) is 10.9 Å². The molecular formula is C45H59N11O16S2. The first kappa shape index (κ1) is 57.8. The van der Waals surface area contributed by atoms with Crippen molar-refractivity contribution in [1.82, 2.24) is 57.5 Å². The van der Waals surface area contributed by atoms with Crippen LogP contribution in [-0.4, -0.2) is 193 Å². The molecule has 0 aliphatic carbocycles. The van der Waals surface area contributed by atoms with E-state index >= 15 is 0 Å². The van der Waals surface area contributed by atoms with Gasteiger partial charge in [0.2, 0.25) is 58.8 Å². The van der Waals surface area contributed by atoms with E-state index in [4.69, 9.17) is 0 Å². The lowest BCUT2D eigenvalue weighted by molar-refractivity contribution is -0.145. The highest BCUT2D eigenvalue weighted by molar-refractivity contribution is 7.80. The third kappa shape index (κ3) is 15.9. The molecular weight excluding hydrogens is 1010 g/mol. The molecule has 12 N–H and O–H groups in total. The molecule has 3 aliphatic rings. The van der Waals surface area contributed by atoms with Crippen LogP contribution in [-0.2, 0) is 68.7 Å². The van der Waals surface area contributed by atoms with Gasteiger partial charge in [0.15, 0.2) is 0 Å². The fraction of sp³-hybridized carbons (Fsp3) is 0.533. The molecule has 3 aliphatic heterocycles. The molecule has 1 aromatic heterocycles. The van der Waals surface area contributed by atoms with Crippen molar-refractivity contribution in [1.29, 1.82) is 0 Å². The molecule has 8 amide bonds. The molecule has 27 nitrogen and oxygen atoms in total. The Morgan fingerprint density at radius 2 is 1.15 bits per heavy atom. The Morgan fingerprint density at radius 3 is 1.78 bits per heavy atom. The van der Waals surface area contributed by atoms with Crippen molar-refractivity contribution < 1.29 is 77.6 Å². The zero-order valence-corrected chi connectivity index (χ0v) is 41.5. The number of hydrogen-bond donors (Lipinski definition) is 14. The number of rotatable bonds is 12. The van der Waals surface area contributed by atoms with Crippen LogP contribution in [0.5, 0.6) is 0 Å². The topological polar surface area (TPSA) is 401 Å². The van der Waals surface area contributed by atoms with E-state index in [-0.39, 0.29) is 44.5 Å². The predicted molar refractivity (Wildman–Crippen MR) is 263 cm³/mol. The maximum absolute atomic E-state index is 14.2. The summed E-state index contributed by atoms with van der Waals surface area (Å²) in [7, 11) is 0. The molecule has 402 valence electrons. The number of fused-ring (bicyclic) bond motifs is 3. The fourth-order valence-corrected chi connectivity index (χ4v) is 9.15. The van der Waals surface area contributed by atoms with Crippen LogP contribution in [0, 0.1) is 0 Å². The second-order valence-electron chi connectivity index (χ2n) is 17.7. The molecule has 0 saturated carbocycles. The number of Topliss-reactive ketones (excluding diaryl/α,β-unsaturated/α-hetero) is 2. The van der Waals surface area contributed by atoms with Crippen molar-refractivity contribution in [2.75, 3.05) is 37.7 Å². The van der Waals surface area contributed by atoms with Crippen LogP contribution in [0.15, 0.2) is 30.5 Å². The number of carboxylic acids is 3. The highest BCUT2D eigenvalue weighted by Crippen LogP contribution is 2.22. The summed E-state index contributed by atoms with van der Waals surface area (Å²) in [5, 5.41) is 47.4. The molecule has 2 aromatic rings. The first-order chi connectivity index (χ1) is 35.2. The van der Waals surface area contributed by atoms with E-state index in [2.05, 4.69) is 72.9 Å². The van der Waals surface area contributed by atoms with Gasteiger partial charge in [-0.2, -0.15) is 25.3 Å². The molecule has 0 bridgehead atoms. The van der Waals surface area contributed by atoms with Gasteiger partial charge in [-0.15, -0.1) is 0 Å². The highest BCUT2D eigenvalue weighted by atomic mass is 32.1. The Kier molecular flexibility index (Phi) is 21.3. The first-order valence-corrected chi connectivity index (χ1v) is 24.9. The summed E-state index contributed by atoms with van der Waals surface area (Å²) in [5.41, 5.74) is 4.14. The van der Waals surface area contributed by atoms with Gasteiger partial charge in [-0.05, 0) is 50.2 Å². The van der Waals surface area contributed by atoms with Crippen LogP contribution in [0.1, 0.15) is 63.4 Å². The van der Waals surface area contributed by atoms with E-state index in [0.29, 0.717) is 22.9 Å². The summed E-state index contributed by atoms with van der Waals surface area (Å²) >= 11 is 8.35. The number of ketones is 2. The smallest absolute Gasteiger partial charge is 0.305 e. The number of aliphatic carboxylic acids is 3. The number of nitrogens with one attached hydrogen (secondary N) is 9. The van der Waals surface area contributed by atoms with E-state index in [9.17, 15) is 77.6 Å². The van der Waals surface area contributed by atoms with Gasteiger partial charge in [-0.3, -0.25) is 62.3 Å². The standard InChI is InChI=1S/C45H59N11O16S2/c57-33-18-47-39(66)25(9-11-35(59)60)50-42(69)29(20-73)54-41(68)28(16-37(63)64)52-44(71)32-8-4-14-56(32)48-19-34(58)49-27(15-22-17-46-24-6-2-1-5-23(22)24)40(67)53-30(21-74)43(70)51-26(10-12-36(61)62)45(72)55-13-3-7-31(55)38(33)65/h1-2,5-6,17,25-32,46,48,73-74H,3-4,7-16,18-21H2,(H,47,66)(H,49,58)(H,50,69)(H,51,70)(H,52,71)(H,53,67)(H,54,68)(H,59,60)(H,61,62)(H,63,64)/t25-,26-,27-,28-,29-,30-,31-,32-/m0/s1. The SMILES string of the molecule is O=C(O)CC[C@@H]1NC(=O)[C@H](CS)NC(=O)[C@H](CC(=O)O)NC(=O)[C@@H]2CCCN2NCC(=O)N[C@@H](Cc2c[nH]c3ccccc23)C(=O)N[C@@H](CS)C(=O)N[C@@H](CCC(=O)O)C(=O)N2CCC[C@H]2C(=O)C(=O)CNC1=O. The molecule has 0 spiro atoms. The Hall–Kier alpha value is -7.11. The number of aromatic nitrogens is 1. The lowest BCUT2D eigenvalue weighted by atomic mass is 10.0. The van der Waals surface area contributed by atoms with Gasteiger partial charge in [0.1, 0.15) is 42.3 Å². The molecule has 74 heavy (non-hydrogen) atoms. The van der Waals surface area contributed by atoms with Crippen molar-refractivity contribution in [2.24, 2.45) is 0 Å². The van der Waals surface area contributed by atoms with Gasteiger partial charge >= 0.3 is 17.9 Å². The van der Waals surface area contributed by atoms with Gasteiger partial charge < -0.3 is 62.4 Å². The molecule has 0 radical (unpaired) electrons. The van der Waals surface area contributed by atoms with Crippen molar-refractivity contribution >= 4 is 113 Å². The normalized spacial score (nSPS) is 26.1. The van der Waals surface area contributed by atoms with E-state index in [1.165, 1.54) is 5.01 Å². The molecule has 1 aromatic carbocycles. The molecule has 3 saturated heterocycles. The summed E-state index contributed by atoms with van der Waals surface area (Å²) < 4.78 is 0. The number of aromatic amines is 1. The molecule has 5 rings (SSSR count). The van der Waals surface area contributed by atoms with Crippen LogP contribution in [0.3, 0.4) is 0 Å². The molecule has 3 fully saturated rings. The Morgan fingerprint density at radius 1 is 0.595 bits per heavy atom. The number of carboxylic acid groups (broad SMARTS) is 3. The lowest BCUT2D eigenvalue weighted by Crippen LogP contribution is -2.60. The maximum Gasteiger partial charge on any atom is 0.305 e. The van der Waals surface area contributed by atoms with Gasteiger partial charge in [0.25, 0.3) is 0 Å². The van der Waals surface area contributed by atoms with Gasteiger partial charge in [0, 0.05) is 61.0 Å². The zero-order chi connectivity index (χ0) is 54.2. The van der Waals surface area contributed by atoms with Crippen molar-refractivity contribution in [3.8, 4) is 0 Å². The summed E-state index contributed by atoms with van der Waals surface area (Å²) in [6.45, 7) is -1.45. The van der Waals surface area contributed by atoms with Crippen molar-refractivity contribution in [2.45, 2.75) is 113 Å². The average molecular weight is 1070 g/mol. The predicted octanol–water partition coefficient (Wildman–Crippen LogP) is -4.09. The monoisotopic (exact) mass is 1070 g/mol. The number of benzene rings is 1. The van der Waals surface area contributed by atoms with Gasteiger partial charge in [-0.25, -0.2) is 10.4 Å². The maximum atomic E-state index is 14.2. The third-order valence-electron chi connectivity index (χ3n) is 12.5. The molecule has 4 heterocycles. The minimum Gasteiger partial charge on any atom is -0.481 e. The Balaban J connectivity index is 1.47. The van der Waals surface area contributed by atoms with E-state index in [1.54, 1.807) is 30.5 Å². The van der Waals surface area contributed by atoms with E-state index in [0.717, 1.165) is 4.90 Å². The quantitative estimate of drug-likeness (QED) is 0.0710. The first-order valence-electron chi connectivity index (χ1n) is 23.6. The van der Waals surface area contributed by atoms with E-state index < -0.39 is 176 Å².